The first-order valence-electron chi connectivity index (χ1n) is 7.88. The van der Waals surface area contributed by atoms with E-state index in [9.17, 15) is 9.90 Å². The van der Waals surface area contributed by atoms with Crippen LogP contribution in [0, 0.1) is 0 Å². The normalized spacial score (nSPS) is 20.1. The van der Waals surface area contributed by atoms with E-state index in [0.29, 0.717) is 11.4 Å². The molecule has 3 rings (SSSR count). The number of aliphatic hydroxyl groups is 1. The van der Waals surface area contributed by atoms with Gasteiger partial charge in [-0.3, -0.25) is 0 Å². The van der Waals surface area contributed by atoms with Crippen molar-refractivity contribution in [2.45, 2.75) is 38.7 Å². The zero-order chi connectivity index (χ0) is 17.3. The van der Waals surface area contributed by atoms with E-state index < -0.39 is 24.0 Å². The van der Waals surface area contributed by atoms with E-state index in [4.69, 9.17) is 9.47 Å². The molecule has 0 aliphatic carbocycles. The van der Waals surface area contributed by atoms with Crippen molar-refractivity contribution in [3.63, 3.8) is 0 Å². The van der Waals surface area contributed by atoms with Crippen molar-refractivity contribution < 1.29 is 19.4 Å². The van der Waals surface area contributed by atoms with E-state index in [1.807, 2.05) is 36.4 Å². The van der Waals surface area contributed by atoms with Gasteiger partial charge < -0.3 is 14.6 Å². The topological polar surface area (TPSA) is 59.0 Å². The highest BCUT2D eigenvalue weighted by molar-refractivity contribution is 5.91. The van der Waals surface area contributed by atoms with Crippen LogP contribution in [0.15, 0.2) is 54.6 Å². The molecule has 2 aromatic carbocycles. The molecule has 0 saturated carbocycles. The smallest absolute Gasteiger partial charge is 0.417 e. The first-order valence-corrected chi connectivity index (χ1v) is 7.88. The Bertz CT molecular complexity index is 724. The lowest BCUT2D eigenvalue weighted by atomic mass is 10.0. The molecule has 0 saturated heterocycles. The molecule has 0 aromatic heterocycles. The summed E-state index contributed by atoms with van der Waals surface area (Å²) in [5, 5.41) is 10.8. The van der Waals surface area contributed by atoms with E-state index in [0.717, 1.165) is 5.56 Å². The van der Waals surface area contributed by atoms with Gasteiger partial charge in [0.15, 0.2) is 12.3 Å². The Hall–Kier alpha value is -2.53. The van der Waals surface area contributed by atoms with E-state index in [2.05, 4.69) is 0 Å². The maximum absolute atomic E-state index is 12.7. The molecule has 1 aliphatic rings. The largest absolute Gasteiger partial charge is 0.479 e. The van der Waals surface area contributed by atoms with Gasteiger partial charge in [0.1, 0.15) is 11.4 Å². The quantitative estimate of drug-likeness (QED) is 0.863. The van der Waals surface area contributed by atoms with Gasteiger partial charge in [-0.15, -0.1) is 0 Å². The Morgan fingerprint density at radius 3 is 2.38 bits per heavy atom. The van der Waals surface area contributed by atoms with Crippen LogP contribution in [0.25, 0.3) is 0 Å². The molecule has 2 aromatic rings. The maximum Gasteiger partial charge on any atom is 0.417 e. The minimum atomic E-state index is -1.18. The maximum atomic E-state index is 12.7. The fourth-order valence-electron chi connectivity index (χ4n) is 2.63. The number of benzene rings is 2. The van der Waals surface area contributed by atoms with Crippen molar-refractivity contribution in [1.29, 1.82) is 0 Å². The Morgan fingerprint density at radius 2 is 1.71 bits per heavy atom. The van der Waals surface area contributed by atoms with E-state index in [1.54, 1.807) is 39.0 Å². The van der Waals surface area contributed by atoms with E-state index >= 15 is 0 Å². The summed E-state index contributed by atoms with van der Waals surface area (Å²) >= 11 is 0. The number of hydrogen-bond donors (Lipinski definition) is 1. The Balaban J connectivity index is 2.01. The van der Waals surface area contributed by atoms with Crippen LogP contribution in [0.4, 0.5) is 10.5 Å². The molecule has 1 aliphatic heterocycles. The van der Waals surface area contributed by atoms with Crippen LogP contribution in [0.3, 0.4) is 0 Å². The first-order chi connectivity index (χ1) is 11.4. The number of ether oxygens (including phenoxy) is 2. The minimum Gasteiger partial charge on any atom is -0.479 e. The SMILES string of the molecule is CC(C)(C)OC(=O)N1c2ccccc2OC(c2ccccc2)C1O. The molecule has 0 radical (unpaired) electrons. The summed E-state index contributed by atoms with van der Waals surface area (Å²) in [6.07, 6.45) is -2.47. The number of amides is 1. The summed E-state index contributed by atoms with van der Waals surface area (Å²) in [4.78, 5) is 13.9. The highest BCUT2D eigenvalue weighted by atomic mass is 16.6. The summed E-state index contributed by atoms with van der Waals surface area (Å²) in [6, 6.07) is 16.4. The number of carbonyl (C=O) groups excluding carboxylic acids is 1. The second kappa shape index (κ2) is 6.17. The number of nitrogens with zero attached hydrogens (tertiary/aromatic N) is 1. The predicted molar refractivity (Wildman–Crippen MR) is 91.0 cm³/mol. The van der Waals surface area contributed by atoms with Gasteiger partial charge in [-0.05, 0) is 38.5 Å². The number of para-hydroxylation sites is 2. The average molecular weight is 327 g/mol. The molecular formula is C19H21NO4. The molecule has 126 valence electrons. The highest BCUT2D eigenvalue weighted by Crippen LogP contribution is 2.41. The van der Waals surface area contributed by atoms with Gasteiger partial charge in [0.2, 0.25) is 0 Å². The Labute approximate surface area is 141 Å². The molecular weight excluding hydrogens is 306 g/mol. The van der Waals surface area contributed by atoms with Gasteiger partial charge >= 0.3 is 6.09 Å². The number of carbonyl (C=O) groups is 1. The molecule has 1 amide bonds. The molecule has 0 fully saturated rings. The van der Waals surface area contributed by atoms with Crippen molar-refractivity contribution in [2.24, 2.45) is 0 Å². The lowest BCUT2D eigenvalue weighted by Crippen LogP contribution is -2.50. The summed E-state index contributed by atoms with van der Waals surface area (Å²) in [5.41, 5.74) is 0.617. The van der Waals surface area contributed by atoms with Gasteiger partial charge in [0.05, 0.1) is 5.69 Å². The number of fused-ring (bicyclic) bond motifs is 1. The van der Waals surface area contributed by atoms with Crippen LogP contribution in [-0.2, 0) is 4.74 Å². The van der Waals surface area contributed by atoms with E-state index in [1.165, 1.54) is 4.90 Å². The summed E-state index contributed by atoms with van der Waals surface area (Å²) < 4.78 is 11.4. The van der Waals surface area contributed by atoms with Gasteiger partial charge in [0, 0.05) is 0 Å². The Morgan fingerprint density at radius 1 is 1.08 bits per heavy atom. The van der Waals surface area contributed by atoms with Crippen LogP contribution in [0.5, 0.6) is 5.75 Å². The van der Waals surface area contributed by atoms with Gasteiger partial charge in [-0.2, -0.15) is 0 Å². The molecule has 1 N–H and O–H groups in total. The molecule has 2 unspecified atom stereocenters. The molecule has 24 heavy (non-hydrogen) atoms. The third kappa shape index (κ3) is 3.21. The monoisotopic (exact) mass is 327 g/mol. The number of hydrogen-bond acceptors (Lipinski definition) is 4. The van der Waals surface area contributed by atoms with Crippen LogP contribution >= 0.6 is 0 Å². The number of rotatable bonds is 1. The fourth-order valence-corrected chi connectivity index (χ4v) is 2.63. The van der Waals surface area contributed by atoms with Crippen LogP contribution in [0.2, 0.25) is 0 Å². The lowest BCUT2D eigenvalue weighted by molar-refractivity contribution is 0.00458. The third-order valence-electron chi connectivity index (χ3n) is 3.63. The summed E-state index contributed by atoms with van der Waals surface area (Å²) in [7, 11) is 0. The summed E-state index contributed by atoms with van der Waals surface area (Å²) in [6.45, 7) is 5.37. The van der Waals surface area contributed by atoms with Gasteiger partial charge in [-0.25, -0.2) is 9.69 Å². The number of anilines is 1. The standard InChI is InChI=1S/C19H21NO4/c1-19(2,3)24-18(22)20-14-11-7-8-12-15(14)23-16(17(20)21)13-9-5-4-6-10-13/h4-12,16-17,21H,1-3H3. The fraction of sp³-hybridized carbons (Fsp3) is 0.316. The molecule has 5 nitrogen and oxygen atoms in total. The Kier molecular flexibility index (Phi) is 4.20. The van der Waals surface area contributed by atoms with Crippen molar-refractivity contribution in [3.05, 3.63) is 60.2 Å². The van der Waals surface area contributed by atoms with Gasteiger partial charge in [0.25, 0.3) is 0 Å². The van der Waals surface area contributed by atoms with Crippen molar-refractivity contribution in [2.75, 3.05) is 4.90 Å². The van der Waals surface area contributed by atoms with Crippen LogP contribution < -0.4 is 9.64 Å². The summed E-state index contributed by atoms with van der Waals surface area (Å²) in [5.74, 6) is 0.530. The van der Waals surface area contributed by atoms with Crippen molar-refractivity contribution in [3.8, 4) is 5.75 Å². The lowest BCUT2D eigenvalue weighted by Gasteiger charge is -2.39. The second-order valence-corrected chi connectivity index (χ2v) is 6.68. The molecule has 5 heteroatoms. The molecule has 0 bridgehead atoms. The van der Waals surface area contributed by atoms with Crippen molar-refractivity contribution >= 4 is 11.8 Å². The third-order valence-corrected chi connectivity index (χ3v) is 3.63. The molecule has 1 heterocycles. The van der Waals surface area contributed by atoms with E-state index in [-0.39, 0.29) is 0 Å². The highest BCUT2D eigenvalue weighted by Gasteiger charge is 2.40. The minimum absolute atomic E-state index is 0.492. The predicted octanol–water partition coefficient (Wildman–Crippen LogP) is 3.88. The van der Waals surface area contributed by atoms with Crippen LogP contribution in [0.1, 0.15) is 32.4 Å². The molecule has 2 atom stereocenters. The zero-order valence-corrected chi connectivity index (χ0v) is 14.0. The second-order valence-electron chi connectivity index (χ2n) is 6.68. The first kappa shape index (κ1) is 16.3. The van der Waals surface area contributed by atoms with Crippen LogP contribution in [-0.4, -0.2) is 23.0 Å². The van der Waals surface area contributed by atoms with Gasteiger partial charge in [-0.1, -0.05) is 42.5 Å². The molecule has 0 spiro atoms. The average Bonchev–Trinajstić information content (AvgIpc) is 2.53. The van der Waals surface area contributed by atoms with Crippen molar-refractivity contribution in [1.82, 2.24) is 0 Å². The zero-order valence-electron chi connectivity index (χ0n) is 14.0. The number of aliphatic hydroxyl groups excluding tert-OH is 1.